The maximum atomic E-state index is 10.9. The van der Waals surface area contributed by atoms with Crippen molar-refractivity contribution in [3.05, 3.63) is 28.7 Å². The van der Waals surface area contributed by atoms with Gasteiger partial charge in [-0.15, -0.1) is 0 Å². The van der Waals surface area contributed by atoms with Gasteiger partial charge >= 0.3 is 0 Å². The number of hydrogen-bond donors (Lipinski definition) is 1. The minimum absolute atomic E-state index is 0.133. The molecule has 18 heavy (non-hydrogen) atoms. The summed E-state index contributed by atoms with van der Waals surface area (Å²) in [5.74, 6) is 1.47. The molecule has 2 aromatic rings. The average molecular weight is 267 g/mol. The van der Waals surface area contributed by atoms with Gasteiger partial charge in [0.05, 0.1) is 12.1 Å². The fourth-order valence-electron chi connectivity index (χ4n) is 1.41. The van der Waals surface area contributed by atoms with Crippen LogP contribution in [0.15, 0.2) is 6.33 Å². The number of carbonyl (C=O) groups excluding carboxylic acids is 1. The number of nitrogens with zero attached hydrogens (tertiary/aromatic N) is 5. The molecule has 0 atom stereocenters. The van der Waals surface area contributed by atoms with Crippen LogP contribution in [0.2, 0.25) is 5.15 Å². The second kappa shape index (κ2) is 5.09. The molecule has 2 rings (SSSR count). The molecule has 1 N–H and O–H groups in total. The van der Waals surface area contributed by atoms with Crippen LogP contribution in [0.25, 0.3) is 0 Å². The SMILES string of the molecule is Cc1nc(Cl)c(C=O)c(NCc2ncn(C)n2)n1. The predicted molar refractivity (Wildman–Crippen MR) is 65.5 cm³/mol. The Morgan fingerprint density at radius 2 is 2.28 bits per heavy atom. The van der Waals surface area contributed by atoms with E-state index in [9.17, 15) is 4.79 Å². The van der Waals surface area contributed by atoms with Crippen molar-refractivity contribution in [2.75, 3.05) is 5.32 Å². The number of aryl methyl sites for hydroxylation is 2. The van der Waals surface area contributed by atoms with E-state index < -0.39 is 0 Å². The highest BCUT2D eigenvalue weighted by atomic mass is 35.5. The largest absolute Gasteiger partial charge is 0.362 e. The van der Waals surface area contributed by atoms with Crippen molar-refractivity contribution in [2.45, 2.75) is 13.5 Å². The van der Waals surface area contributed by atoms with E-state index in [4.69, 9.17) is 11.6 Å². The first-order valence-electron chi connectivity index (χ1n) is 5.18. The molecule has 0 radical (unpaired) electrons. The van der Waals surface area contributed by atoms with Gasteiger partial charge in [-0.2, -0.15) is 5.10 Å². The predicted octanol–water partition coefficient (Wildman–Crippen LogP) is 0.992. The lowest BCUT2D eigenvalue weighted by atomic mass is 10.3. The number of rotatable bonds is 4. The standard InChI is InChI=1S/C10H11ClN6O/c1-6-14-9(11)7(4-18)10(15-6)12-3-8-13-5-17(2)16-8/h4-5H,3H2,1-2H3,(H,12,14,15). The van der Waals surface area contributed by atoms with Gasteiger partial charge in [0.25, 0.3) is 0 Å². The number of aromatic nitrogens is 5. The van der Waals surface area contributed by atoms with Gasteiger partial charge < -0.3 is 5.32 Å². The summed E-state index contributed by atoms with van der Waals surface area (Å²) < 4.78 is 1.59. The maximum Gasteiger partial charge on any atom is 0.169 e. The molecule has 0 aromatic carbocycles. The molecule has 0 saturated carbocycles. The third-order valence-corrected chi connectivity index (χ3v) is 2.48. The second-order valence-electron chi connectivity index (χ2n) is 3.63. The van der Waals surface area contributed by atoms with E-state index in [0.29, 0.717) is 30.3 Å². The highest BCUT2D eigenvalue weighted by Gasteiger charge is 2.11. The van der Waals surface area contributed by atoms with Crippen LogP contribution in [0.1, 0.15) is 22.0 Å². The Labute approximate surface area is 108 Å². The van der Waals surface area contributed by atoms with Crippen molar-refractivity contribution < 1.29 is 4.79 Å². The van der Waals surface area contributed by atoms with E-state index in [2.05, 4.69) is 25.4 Å². The molecule has 0 bridgehead atoms. The van der Waals surface area contributed by atoms with Crippen LogP contribution in [-0.2, 0) is 13.6 Å². The van der Waals surface area contributed by atoms with Crippen molar-refractivity contribution in [1.29, 1.82) is 0 Å². The van der Waals surface area contributed by atoms with Crippen molar-refractivity contribution in [1.82, 2.24) is 24.7 Å². The highest BCUT2D eigenvalue weighted by molar-refractivity contribution is 6.32. The number of carbonyl (C=O) groups is 1. The van der Waals surface area contributed by atoms with Crippen LogP contribution in [0.5, 0.6) is 0 Å². The van der Waals surface area contributed by atoms with Gasteiger partial charge in [0.1, 0.15) is 23.1 Å². The summed E-state index contributed by atoms with van der Waals surface area (Å²) in [4.78, 5) is 23.0. The van der Waals surface area contributed by atoms with Crippen LogP contribution < -0.4 is 5.32 Å². The van der Waals surface area contributed by atoms with E-state index in [1.807, 2.05) is 0 Å². The maximum absolute atomic E-state index is 10.9. The van der Waals surface area contributed by atoms with E-state index in [0.717, 1.165) is 0 Å². The first-order chi connectivity index (χ1) is 8.60. The summed E-state index contributed by atoms with van der Waals surface area (Å²) >= 11 is 5.86. The summed E-state index contributed by atoms with van der Waals surface area (Å²) in [5.41, 5.74) is 0.234. The van der Waals surface area contributed by atoms with Crippen molar-refractivity contribution in [3.63, 3.8) is 0 Å². The van der Waals surface area contributed by atoms with E-state index in [1.54, 1.807) is 25.0 Å². The Balaban J connectivity index is 2.20. The molecule has 2 heterocycles. The molecule has 0 fully saturated rings. The first kappa shape index (κ1) is 12.4. The molecule has 0 amide bonds. The summed E-state index contributed by atoms with van der Waals surface area (Å²) in [6, 6.07) is 0. The van der Waals surface area contributed by atoms with Gasteiger partial charge in [-0.3, -0.25) is 9.48 Å². The number of halogens is 1. The normalized spacial score (nSPS) is 10.4. The Hall–Kier alpha value is -2.02. The van der Waals surface area contributed by atoms with Gasteiger partial charge in [0, 0.05) is 7.05 Å². The number of hydrogen-bond acceptors (Lipinski definition) is 6. The van der Waals surface area contributed by atoms with Crippen molar-refractivity contribution >= 4 is 23.7 Å². The number of nitrogens with one attached hydrogen (secondary N) is 1. The molecule has 0 saturated heterocycles. The lowest BCUT2D eigenvalue weighted by Gasteiger charge is -2.07. The van der Waals surface area contributed by atoms with Crippen LogP contribution in [0.3, 0.4) is 0 Å². The number of anilines is 1. The molecule has 0 aliphatic rings. The zero-order chi connectivity index (χ0) is 13.1. The van der Waals surface area contributed by atoms with Gasteiger partial charge in [-0.1, -0.05) is 11.6 Å². The molecule has 2 aromatic heterocycles. The Morgan fingerprint density at radius 1 is 1.50 bits per heavy atom. The minimum atomic E-state index is 0.133. The topological polar surface area (TPSA) is 85.6 Å². The molecule has 94 valence electrons. The third kappa shape index (κ3) is 2.62. The van der Waals surface area contributed by atoms with E-state index in [-0.39, 0.29) is 10.7 Å². The molecule has 7 nitrogen and oxygen atoms in total. The fourth-order valence-corrected chi connectivity index (χ4v) is 1.67. The Morgan fingerprint density at radius 3 is 2.89 bits per heavy atom. The second-order valence-corrected chi connectivity index (χ2v) is 3.99. The van der Waals surface area contributed by atoms with Gasteiger partial charge in [0.15, 0.2) is 12.1 Å². The van der Waals surface area contributed by atoms with E-state index in [1.165, 1.54) is 0 Å². The van der Waals surface area contributed by atoms with Crippen molar-refractivity contribution in [2.24, 2.45) is 7.05 Å². The monoisotopic (exact) mass is 266 g/mol. The molecular formula is C10H11ClN6O. The molecule has 0 unspecified atom stereocenters. The van der Waals surface area contributed by atoms with Crippen LogP contribution in [0.4, 0.5) is 5.82 Å². The van der Waals surface area contributed by atoms with Crippen LogP contribution in [0, 0.1) is 6.92 Å². The Kier molecular flexibility index (Phi) is 3.52. The summed E-state index contributed by atoms with van der Waals surface area (Å²) in [6.45, 7) is 2.05. The molecular weight excluding hydrogens is 256 g/mol. The summed E-state index contributed by atoms with van der Waals surface area (Å²) in [6.07, 6.45) is 2.21. The zero-order valence-electron chi connectivity index (χ0n) is 9.88. The smallest absolute Gasteiger partial charge is 0.169 e. The lowest BCUT2D eigenvalue weighted by molar-refractivity contribution is 0.112. The van der Waals surface area contributed by atoms with Crippen LogP contribution in [-0.4, -0.2) is 31.0 Å². The molecule has 8 heteroatoms. The third-order valence-electron chi connectivity index (χ3n) is 2.19. The van der Waals surface area contributed by atoms with Gasteiger partial charge in [-0.05, 0) is 6.92 Å². The summed E-state index contributed by atoms with van der Waals surface area (Å²) in [7, 11) is 1.78. The summed E-state index contributed by atoms with van der Waals surface area (Å²) in [5, 5.41) is 7.21. The molecule has 0 aliphatic heterocycles. The first-order valence-corrected chi connectivity index (χ1v) is 5.55. The van der Waals surface area contributed by atoms with Gasteiger partial charge in [-0.25, -0.2) is 15.0 Å². The van der Waals surface area contributed by atoms with Gasteiger partial charge in [0.2, 0.25) is 0 Å². The Bertz CT molecular complexity index is 582. The van der Waals surface area contributed by atoms with Crippen molar-refractivity contribution in [3.8, 4) is 0 Å². The van der Waals surface area contributed by atoms with Crippen LogP contribution >= 0.6 is 11.6 Å². The molecule has 0 spiro atoms. The average Bonchev–Trinajstić information content (AvgIpc) is 2.72. The minimum Gasteiger partial charge on any atom is -0.362 e. The number of aldehydes is 1. The van der Waals surface area contributed by atoms with E-state index >= 15 is 0 Å². The fraction of sp³-hybridized carbons (Fsp3) is 0.300. The molecule has 0 aliphatic carbocycles. The lowest BCUT2D eigenvalue weighted by Crippen LogP contribution is -2.08. The zero-order valence-corrected chi connectivity index (χ0v) is 10.6. The highest BCUT2D eigenvalue weighted by Crippen LogP contribution is 2.19. The quantitative estimate of drug-likeness (QED) is 0.656.